The number of hydrogen-bond acceptors (Lipinski definition) is 4. The summed E-state index contributed by atoms with van der Waals surface area (Å²) in [6, 6.07) is 9.10. The van der Waals surface area contributed by atoms with Crippen LogP contribution in [0.25, 0.3) is 22.3 Å². The van der Waals surface area contributed by atoms with Gasteiger partial charge in [0.05, 0.1) is 19.4 Å². The molecule has 5 nitrogen and oxygen atoms in total. The van der Waals surface area contributed by atoms with E-state index in [0.717, 1.165) is 0 Å². The lowest BCUT2D eigenvalue weighted by Gasteiger charge is -2.29. The summed E-state index contributed by atoms with van der Waals surface area (Å²) in [5.74, 6) is 0. The number of alkyl halides is 3. The van der Waals surface area contributed by atoms with Crippen LogP contribution in [0.1, 0.15) is 30.0 Å². The first-order valence-corrected chi connectivity index (χ1v) is 9.94. The lowest BCUT2D eigenvalue weighted by molar-refractivity contribution is -0.246. The fourth-order valence-electron chi connectivity index (χ4n) is 4.36. The van der Waals surface area contributed by atoms with E-state index in [9.17, 15) is 28.5 Å². The Morgan fingerprint density at radius 1 is 1.03 bits per heavy atom. The van der Waals surface area contributed by atoms with Crippen LogP contribution in [0, 0.1) is 6.92 Å². The first-order chi connectivity index (χ1) is 14.6. The summed E-state index contributed by atoms with van der Waals surface area (Å²) in [7, 11) is 0. The molecule has 4 rings (SSSR count). The number of aliphatic hydroxyl groups is 3. The van der Waals surface area contributed by atoms with Gasteiger partial charge in [-0.1, -0.05) is 48.9 Å². The molecule has 2 aromatic carbocycles. The van der Waals surface area contributed by atoms with Crippen LogP contribution in [0.4, 0.5) is 13.2 Å². The number of nitrogens with zero attached hydrogens (tertiary/aromatic N) is 2. The molecule has 31 heavy (non-hydrogen) atoms. The minimum atomic E-state index is -4.91. The zero-order valence-electron chi connectivity index (χ0n) is 17.1. The molecule has 1 aliphatic carbocycles. The Hall–Kier alpha value is -2.68. The zero-order valence-corrected chi connectivity index (χ0v) is 17.1. The van der Waals surface area contributed by atoms with Crippen LogP contribution in [0.15, 0.2) is 48.8 Å². The van der Waals surface area contributed by atoms with E-state index in [1.807, 2.05) is 0 Å². The summed E-state index contributed by atoms with van der Waals surface area (Å²) in [4.78, 5) is 0. The SMILES string of the molecule is CCC(CO)(CO)n1cc(-c2cc(C)cc3c2-c2ccccc2C3(O)C(F)(F)F)cn1. The molecule has 164 valence electrons. The van der Waals surface area contributed by atoms with Crippen LogP contribution in [-0.4, -0.2) is 44.5 Å². The minimum absolute atomic E-state index is 0.203. The van der Waals surface area contributed by atoms with E-state index in [2.05, 4.69) is 5.10 Å². The molecule has 3 N–H and O–H groups in total. The largest absolute Gasteiger partial charge is 0.425 e. The van der Waals surface area contributed by atoms with Crippen LogP contribution in [0.3, 0.4) is 0 Å². The minimum Gasteiger partial charge on any atom is -0.394 e. The summed E-state index contributed by atoms with van der Waals surface area (Å²) in [5, 5.41) is 34.9. The van der Waals surface area contributed by atoms with E-state index < -0.39 is 17.3 Å². The third-order valence-electron chi connectivity index (χ3n) is 6.30. The molecule has 0 fully saturated rings. The Labute approximate surface area is 177 Å². The van der Waals surface area contributed by atoms with Gasteiger partial charge in [0.25, 0.3) is 0 Å². The molecule has 1 aliphatic rings. The lowest BCUT2D eigenvalue weighted by atomic mass is 9.88. The average Bonchev–Trinajstić information content (AvgIpc) is 3.33. The zero-order chi connectivity index (χ0) is 22.6. The molecule has 1 atom stereocenters. The van der Waals surface area contributed by atoms with Gasteiger partial charge in [-0.25, -0.2) is 0 Å². The summed E-state index contributed by atoms with van der Waals surface area (Å²) in [6.07, 6.45) is -1.39. The van der Waals surface area contributed by atoms with Crippen LogP contribution < -0.4 is 0 Å². The van der Waals surface area contributed by atoms with Gasteiger partial charge in [0, 0.05) is 22.9 Å². The maximum Gasteiger partial charge on any atom is 0.425 e. The number of benzene rings is 2. The monoisotopic (exact) mass is 432 g/mol. The van der Waals surface area contributed by atoms with E-state index in [-0.39, 0.29) is 24.3 Å². The number of aryl methyl sites for hydroxylation is 1. The second-order valence-corrected chi connectivity index (χ2v) is 8.06. The third-order valence-corrected chi connectivity index (χ3v) is 6.30. The van der Waals surface area contributed by atoms with Crippen LogP contribution in [-0.2, 0) is 11.1 Å². The summed E-state index contributed by atoms with van der Waals surface area (Å²) in [5.41, 5.74) is -2.35. The van der Waals surface area contributed by atoms with Crippen molar-refractivity contribution in [3.63, 3.8) is 0 Å². The maximum absolute atomic E-state index is 14.1. The fraction of sp³-hybridized carbons (Fsp3) is 0.348. The van der Waals surface area contributed by atoms with Gasteiger partial charge in [-0.05, 0) is 30.0 Å². The Bertz CT molecular complexity index is 1130. The number of halogens is 3. The number of aliphatic hydroxyl groups excluding tert-OH is 2. The molecular weight excluding hydrogens is 409 g/mol. The molecule has 0 aliphatic heterocycles. The van der Waals surface area contributed by atoms with Gasteiger partial charge in [0.1, 0.15) is 5.54 Å². The van der Waals surface area contributed by atoms with Gasteiger partial charge >= 0.3 is 6.18 Å². The summed E-state index contributed by atoms with van der Waals surface area (Å²) < 4.78 is 43.9. The summed E-state index contributed by atoms with van der Waals surface area (Å²) in [6.45, 7) is 2.79. The molecular formula is C23H23F3N2O3. The van der Waals surface area contributed by atoms with Gasteiger partial charge in [-0.2, -0.15) is 18.3 Å². The van der Waals surface area contributed by atoms with Crippen molar-refractivity contribution in [2.75, 3.05) is 13.2 Å². The number of aromatic nitrogens is 2. The van der Waals surface area contributed by atoms with Crippen LogP contribution in [0.5, 0.6) is 0 Å². The molecule has 0 radical (unpaired) electrons. The van der Waals surface area contributed by atoms with Crippen molar-refractivity contribution in [3.05, 3.63) is 65.5 Å². The number of rotatable bonds is 5. The second-order valence-electron chi connectivity index (χ2n) is 8.06. The first-order valence-electron chi connectivity index (χ1n) is 9.94. The average molecular weight is 432 g/mol. The predicted molar refractivity (Wildman–Crippen MR) is 109 cm³/mol. The molecule has 1 unspecified atom stereocenters. The van der Waals surface area contributed by atoms with Gasteiger partial charge in [0.15, 0.2) is 0 Å². The van der Waals surface area contributed by atoms with E-state index in [0.29, 0.717) is 34.2 Å². The quantitative estimate of drug-likeness (QED) is 0.574. The highest BCUT2D eigenvalue weighted by molar-refractivity contribution is 5.92. The fourth-order valence-corrected chi connectivity index (χ4v) is 4.36. The van der Waals surface area contributed by atoms with Crippen molar-refractivity contribution in [2.45, 2.75) is 37.6 Å². The van der Waals surface area contributed by atoms with Crippen molar-refractivity contribution in [2.24, 2.45) is 0 Å². The highest BCUT2D eigenvalue weighted by Crippen LogP contribution is 2.57. The lowest BCUT2D eigenvalue weighted by Crippen LogP contribution is -2.41. The molecule has 1 aromatic heterocycles. The van der Waals surface area contributed by atoms with Crippen molar-refractivity contribution in [3.8, 4) is 22.3 Å². The van der Waals surface area contributed by atoms with E-state index in [1.54, 1.807) is 38.2 Å². The molecule has 1 heterocycles. The number of hydrogen-bond donors (Lipinski definition) is 3. The van der Waals surface area contributed by atoms with Crippen molar-refractivity contribution in [1.29, 1.82) is 0 Å². The second kappa shape index (κ2) is 7.19. The van der Waals surface area contributed by atoms with Gasteiger partial charge in [-0.15, -0.1) is 0 Å². The first kappa shape index (κ1) is 21.5. The van der Waals surface area contributed by atoms with Gasteiger partial charge in [-0.3, -0.25) is 4.68 Å². The van der Waals surface area contributed by atoms with Crippen LogP contribution in [0.2, 0.25) is 0 Å². The summed E-state index contributed by atoms with van der Waals surface area (Å²) >= 11 is 0. The highest BCUT2D eigenvalue weighted by Gasteiger charge is 2.61. The molecule has 0 amide bonds. The maximum atomic E-state index is 14.1. The molecule has 0 spiro atoms. The number of fused-ring (bicyclic) bond motifs is 3. The molecule has 0 bridgehead atoms. The normalized spacial score (nSPS) is 18.2. The topological polar surface area (TPSA) is 78.5 Å². The van der Waals surface area contributed by atoms with Crippen molar-refractivity contribution >= 4 is 0 Å². The van der Waals surface area contributed by atoms with E-state index in [4.69, 9.17) is 0 Å². The Morgan fingerprint density at radius 3 is 2.32 bits per heavy atom. The molecule has 0 saturated carbocycles. The smallest absolute Gasteiger partial charge is 0.394 e. The van der Waals surface area contributed by atoms with Gasteiger partial charge < -0.3 is 15.3 Å². The highest BCUT2D eigenvalue weighted by atomic mass is 19.4. The molecule has 0 saturated heterocycles. The van der Waals surface area contributed by atoms with Crippen molar-refractivity contribution in [1.82, 2.24) is 9.78 Å². The third kappa shape index (κ3) is 2.93. The van der Waals surface area contributed by atoms with Crippen LogP contribution >= 0.6 is 0 Å². The Kier molecular flexibility index (Phi) is 4.99. The Balaban J connectivity index is 1.99. The molecule has 3 aromatic rings. The van der Waals surface area contributed by atoms with E-state index >= 15 is 0 Å². The van der Waals surface area contributed by atoms with Crippen molar-refractivity contribution < 1.29 is 28.5 Å². The predicted octanol–water partition coefficient (Wildman–Crippen LogP) is 3.73. The molecule has 8 heteroatoms. The Morgan fingerprint density at radius 2 is 1.71 bits per heavy atom. The van der Waals surface area contributed by atoms with Gasteiger partial charge in [0.2, 0.25) is 5.60 Å². The van der Waals surface area contributed by atoms with E-state index in [1.165, 1.54) is 29.1 Å². The standard InChI is InChI=1S/C23H23F3N2O3/c1-3-21(12-29,13-30)28-11-15(10-27-28)17-8-14(2)9-19-20(17)16-6-4-5-7-18(16)22(19,31)23(24,25)26/h4-11,29-31H,3,12-13H2,1-2H3.